The fourth-order valence-electron chi connectivity index (χ4n) is 2.18. The molecule has 1 unspecified atom stereocenters. The van der Waals surface area contributed by atoms with E-state index < -0.39 is 0 Å². The maximum Gasteiger partial charge on any atom is 0.0343 e. The Balaban J connectivity index is 1.97. The highest BCUT2D eigenvalue weighted by Gasteiger charge is 2.05. The first-order chi connectivity index (χ1) is 9.16. The van der Waals surface area contributed by atoms with Crippen LogP contribution in [0.1, 0.15) is 43.7 Å². The van der Waals surface area contributed by atoms with Gasteiger partial charge in [0.25, 0.3) is 0 Å². The fraction of sp³-hybridized carbons (Fsp3) is 0.333. The second kappa shape index (κ2) is 6.42. The first-order valence-electron chi connectivity index (χ1n) is 7.05. The van der Waals surface area contributed by atoms with E-state index in [2.05, 4.69) is 80.7 Å². The highest BCUT2D eigenvalue weighted by molar-refractivity contribution is 5.46. The van der Waals surface area contributed by atoms with Gasteiger partial charge in [0.2, 0.25) is 0 Å². The average Bonchev–Trinajstić information content (AvgIpc) is 2.46. The molecule has 1 nitrogen and oxygen atoms in total. The predicted octanol–water partition coefficient (Wildman–Crippen LogP) is 5.03. The lowest BCUT2D eigenvalue weighted by atomic mass is 10.0. The number of hydrogen-bond donors (Lipinski definition) is 1. The summed E-state index contributed by atoms with van der Waals surface area (Å²) in [6, 6.07) is 19.4. The van der Waals surface area contributed by atoms with E-state index in [9.17, 15) is 0 Å². The van der Waals surface area contributed by atoms with Crippen LogP contribution >= 0.6 is 0 Å². The summed E-state index contributed by atoms with van der Waals surface area (Å²) in [6.45, 7) is 7.68. The van der Waals surface area contributed by atoms with E-state index in [0.29, 0.717) is 11.8 Å². The van der Waals surface area contributed by atoms with Crippen molar-refractivity contribution in [2.24, 2.45) is 0 Å². The third-order valence-electron chi connectivity index (χ3n) is 3.53. The van der Waals surface area contributed by atoms with Crippen LogP contribution in [-0.2, 0) is 0 Å². The summed E-state index contributed by atoms with van der Waals surface area (Å²) in [4.78, 5) is 0. The molecule has 2 aromatic rings. The topological polar surface area (TPSA) is 12.0 Å². The van der Waals surface area contributed by atoms with E-state index in [-0.39, 0.29) is 0 Å². The molecule has 1 N–H and O–H groups in total. The lowest BCUT2D eigenvalue weighted by Gasteiger charge is -2.15. The van der Waals surface area contributed by atoms with E-state index in [4.69, 9.17) is 0 Å². The van der Waals surface area contributed by atoms with Gasteiger partial charge in [-0.15, -0.1) is 0 Å². The Hall–Kier alpha value is -1.76. The summed E-state index contributed by atoms with van der Waals surface area (Å²) in [5.74, 6) is 1.09. The Morgan fingerprint density at radius 1 is 0.842 bits per heavy atom. The van der Waals surface area contributed by atoms with Crippen molar-refractivity contribution in [2.75, 3.05) is 11.9 Å². The summed E-state index contributed by atoms with van der Waals surface area (Å²) >= 11 is 0. The molecule has 0 aliphatic rings. The minimum Gasteiger partial charge on any atom is -0.384 e. The second-order valence-corrected chi connectivity index (χ2v) is 5.47. The highest BCUT2D eigenvalue weighted by Crippen LogP contribution is 2.20. The number of rotatable bonds is 5. The Morgan fingerprint density at radius 3 is 2.21 bits per heavy atom. The molecule has 1 atom stereocenters. The molecule has 0 spiro atoms. The molecule has 2 rings (SSSR count). The van der Waals surface area contributed by atoms with Crippen LogP contribution in [0.15, 0.2) is 54.6 Å². The smallest absolute Gasteiger partial charge is 0.0343 e. The zero-order valence-corrected chi connectivity index (χ0v) is 12.1. The summed E-state index contributed by atoms with van der Waals surface area (Å²) in [6.07, 6.45) is 0. The lowest BCUT2D eigenvalue weighted by Crippen LogP contribution is -2.09. The van der Waals surface area contributed by atoms with Crippen LogP contribution in [0, 0.1) is 0 Å². The zero-order chi connectivity index (χ0) is 13.7. The average molecular weight is 253 g/mol. The second-order valence-electron chi connectivity index (χ2n) is 5.47. The van der Waals surface area contributed by atoms with Gasteiger partial charge >= 0.3 is 0 Å². The normalized spacial score (nSPS) is 12.4. The first kappa shape index (κ1) is 13.7. The third-order valence-corrected chi connectivity index (χ3v) is 3.53. The number of anilines is 1. The first-order valence-corrected chi connectivity index (χ1v) is 7.05. The molecule has 0 radical (unpaired) electrons. The maximum absolute atomic E-state index is 3.54. The molecule has 0 fully saturated rings. The molecule has 1 heteroatoms. The molecule has 0 heterocycles. The number of hydrogen-bond acceptors (Lipinski definition) is 1. The summed E-state index contributed by atoms with van der Waals surface area (Å²) in [5.41, 5.74) is 3.99. The van der Waals surface area contributed by atoms with Crippen molar-refractivity contribution in [2.45, 2.75) is 32.6 Å². The zero-order valence-electron chi connectivity index (χ0n) is 12.1. The van der Waals surface area contributed by atoms with Gasteiger partial charge in [0, 0.05) is 12.2 Å². The molecule has 0 aromatic heterocycles. The third kappa shape index (κ3) is 3.85. The Bertz CT molecular complexity index is 502. The molecular weight excluding hydrogens is 230 g/mol. The quantitative estimate of drug-likeness (QED) is 0.788. The molecule has 19 heavy (non-hydrogen) atoms. The monoisotopic (exact) mass is 253 g/mol. The Morgan fingerprint density at radius 2 is 1.53 bits per heavy atom. The van der Waals surface area contributed by atoms with Gasteiger partial charge < -0.3 is 5.32 Å². The van der Waals surface area contributed by atoms with Crippen LogP contribution in [0.5, 0.6) is 0 Å². The van der Waals surface area contributed by atoms with Crippen LogP contribution in [0.3, 0.4) is 0 Å². The summed E-state index contributed by atoms with van der Waals surface area (Å²) < 4.78 is 0. The Labute approximate surface area is 116 Å². The van der Waals surface area contributed by atoms with Crippen molar-refractivity contribution >= 4 is 5.69 Å². The van der Waals surface area contributed by atoms with Crippen molar-refractivity contribution in [3.63, 3.8) is 0 Å². The molecule has 0 aliphatic heterocycles. The van der Waals surface area contributed by atoms with Gasteiger partial charge in [0.05, 0.1) is 0 Å². The van der Waals surface area contributed by atoms with E-state index in [1.807, 2.05) is 0 Å². The fourth-order valence-corrected chi connectivity index (χ4v) is 2.18. The van der Waals surface area contributed by atoms with Crippen LogP contribution in [0.25, 0.3) is 0 Å². The number of benzene rings is 2. The largest absolute Gasteiger partial charge is 0.384 e. The van der Waals surface area contributed by atoms with Crippen molar-refractivity contribution in [3.05, 3.63) is 65.7 Å². The SMILES string of the molecule is CC(C)c1cccc(NCC(C)c2ccccc2)c1. The van der Waals surface area contributed by atoms with Crippen molar-refractivity contribution in [3.8, 4) is 0 Å². The molecular formula is C18H23N. The van der Waals surface area contributed by atoms with Gasteiger partial charge in [-0.05, 0) is 35.1 Å². The predicted molar refractivity (Wildman–Crippen MR) is 83.9 cm³/mol. The van der Waals surface area contributed by atoms with Crippen molar-refractivity contribution < 1.29 is 0 Å². The standard InChI is InChI=1S/C18H23N/c1-14(2)17-10-7-11-18(12-17)19-13-15(3)16-8-5-4-6-9-16/h4-12,14-15,19H,13H2,1-3H3. The van der Waals surface area contributed by atoms with Gasteiger partial charge in [0.15, 0.2) is 0 Å². The van der Waals surface area contributed by atoms with Gasteiger partial charge in [-0.2, -0.15) is 0 Å². The Kier molecular flexibility index (Phi) is 4.62. The minimum absolute atomic E-state index is 0.518. The van der Waals surface area contributed by atoms with Gasteiger partial charge in [-0.3, -0.25) is 0 Å². The van der Waals surface area contributed by atoms with Gasteiger partial charge in [0.1, 0.15) is 0 Å². The molecule has 0 aliphatic carbocycles. The lowest BCUT2D eigenvalue weighted by molar-refractivity contribution is 0.804. The number of nitrogens with one attached hydrogen (secondary N) is 1. The molecule has 2 aromatic carbocycles. The molecule has 0 saturated heterocycles. The van der Waals surface area contributed by atoms with Crippen LogP contribution in [0.4, 0.5) is 5.69 Å². The van der Waals surface area contributed by atoms with E-state index in [1.54, 1.807) is 0 Å². The summed E-state index contributed by atoms with van der Waals surface area (Å²) in [5, 5.41) is 3.54. The van der Waals surface area contributed by atoms with E-state index in [1.165, 1.54) is 16.8 Å². The van der Waals surface area contributed by atoms with E-state index in [0.717, 1.165) is 6.54 Å². The molecule has 0 amide bonds. The van der Waals surface area contributed by atoms with E-state index >= 15 is 0 Å². The van der Waals surface area contributed by atoms with Gasteiger partial charge in [-0.1, -0.05) is 63.2 Å². The maximum atomic E-state index is 3.54. The van der Waals surface area contributed by atoms with Crippen LogP contribution in [-0.4, -0.2) is 6.54 Å². The van der Waals surface area contributed by atoms with Gasteiger partial charge in [-0.25, -0.2) is 0 Å². The summed E-state index contributed by atoms with van der Waals surface area (Å²) in [7, 11) is 0. The molecule has 0 saturated carbocycles. The molecule has 0 bridgehead atoms. The van der Waals surface area contributed by atoms with Crippen LogP contribution in [0.2, 0.25) is 0 Å². The highest BCUT2D eigenvalue weighted by atomic mass is 14.9. The molecule has 100 valence electrons. The van der Waals surface area contributed by atoms with Crippen LogP contribution < -0.4 is 5.32 Å². The minimum atomic E-state index is 0.518. The van der Waals surface area contributed by atoms with Crippen molar-refractivity contribution in [1.29, 1.82) is 0 Å². The van der Waals surface area contributed by atoms with Crippen molar-refractivity contribution in [1.82, 2.24) is 0 Å².